The minimum atomic E-state index is -4.85. The highest BCUT2D eigenvalue weighted by Crippen LogP contribution is 2.42. The largest absolute Gasteiger partial charge is 0.465 e. The van der Waals surface area contributed by atoms with Crippen LogP contribution in [0, 0.1) is 11.3 Å². The van der Waals surface area contributed by atoms with Gasteiger partial charge in [0.25, 0.3) is 0 Å². The second kappa shape index (κ2) is 6.53. The highest BCUT2D eigenvalue weighted by molar-refractivity contribution is 9.10. The summed E-state index contributed by atoms with van der Waals surface area (Å²) in [5.74, 6) is -1.25. The van der Waals surface area contributed by atoms with Crippen molar-refractivity contribution in [2.75, 3.05) is 12.8 Å². The van der Waals surface area contributed by atoms with Crippen LogP contribution < -0.4 is 5.73 Å². The van der Waals surface area contributed by atoms with E-state index in [0.29, 0.717) is 10.0 Å². The van der Waals surface area contributed by atoms with Gasteiger partial charge in [-0.3, -0.25) is 0 Å². The second-order valence-electron chi connectivity index (χ2n) is 4.72. The van der Waals surface area contributed by atoms with E-state index >= 15 is 0 Å². The summed E-state index contributed by atoms with van der Waals surface area (Å²) in [4.78, 5) is 11.8. The van der Waals surface area contributed by atoms with Gasteiger partial charge >= 0.3 is 12.1 Å². The van der Waals surface area contributed by atoms with Crippen LogP contribution in [0.1, 0.15) is 21.5 Å². The van der Waals surface area contributed by atoms with Gasteiger partial charge in [-0.25, -0.2) is 4.79 Å². The number of benzene rings is 2. The van der Waals surface area contributed by atoms with Crippen LogP contribution in [0.2, 0.25) is 0 Å². The molecule has 0 spiro atoms. The number of nitrogens with zero attached hydrogens (tertiary/aromatic N) is 1. The first-order valence-electron chi connectivity index (χ1n) is 6.49. The number of carbonyl (C=O) groups excluding carboxylic acids is 1. The minimum Gasteiger partial charge on any atom is -0.465 e. The number of hydrogen-bond acceptors (Lipinski definition) is 4. The molecule has 0 fully saturated rings. The van der Waals surface area contributed by atoms with Gasteiger partial charge in [-0.05, 0) is 17.7 Å². The standard InChI is InChI=1S/C16H10BrF3N2O2/c1-24-15(23)13-11(16(18,19)20)6-9(10(7-21)14(13)22)8-4-2-3-5-12(8)17/h2-6H,22H2,1H3. The predicted octanol–water partition coefficient (Wildman–Crippen LogP) is 4.38. The number of anilines is 1. The first-order valence-corrected chi connectivity index (χ1v) is 7.28. The summed E-state index contributed by atoms with van der Waals surface area (Å²) in [6.45, 7) is 0. The third kappa shape index (κ3) is 3.08. The van der Waals surface area contributed by atoms with Crippen molar-refractivity contribution in [3.8, 4) is 17.2 Å². The van der Waals surface area contributed by atoms with E-state index in [1.807, 2.05) is 0 Å². The normalized spacial score (nSPS) is 11.0. The van der Waals surface area contributed by atoms with E-state index in [4.69, 9.17) is 5.73 Å². The van der Waals surface area contributed by atoms with Gasteiger partial charge in [0.15, 0.2) is 0 Å². The Kier molecular flexibility index (Phi) is 4.85. The molecule has 24 heavy (non-hydrogen) atoms. The van der Waals surface area contributed by atoms with Gasteiger partial charge in [0.05, 0.1) is 29.5 Å². The molecule has 0 saturated carbocycles. The predicted molar refractivity (Wildman–Crippen MR) is 85.0 cm³/mol. The van der Waals surface area contributed by atoms with Crippen LogP contribution in [0.5, 0.6) is 0 Å². The van der Waals surface area contributed by atoms with Crippen molar-refractivity contribution in [3.63, 3.8) is 0 Å². The topological polar surface area (TPSA) is 76.1 Å². The zero-order valence-corrected chi connectivity index (χ0v) is 13.8. The van der Waals surface area contributed by atoms with Crippen molar-refractivity contribution in [3.05, 3.63) is 51.5 Å². The molecule has 2 aromatic carbocycles. The maximum atomic E-state index is 13.4. The summed E-state index contributed by atoms with van der Waals surface area (Å²) < 4.78 is 45.1. The summed E-state index contributed by atoms with van der Waals surface area (Å²) >= 11 is 3.23. The number of halogens is 4. The molecule has 0 saturated heterocycles. The average molecular weight is 399 g/mol. The average Bonchev–Trinajstić information content (AvgIpc) is 2.53. The van der Waals surface area contributed by atoms with E-state index in [9.17, 15) is 23.2 Å². The number of nitriles is 1. The van der Waals surface area contributed by atoms with Gasteiger partial charge < -0.3 is 10.5 Å². The highest BCUT2D eigenvalue weighted by Gasteiger charge is 2.39. The number of carbonyl (C=O) groups is 1. The molecule has 0 atom stereocenters. The van der Waals surface area contributed by atoms with Crippen LogP contribution in [0.25, 0.3) is 11.1 Å². The molecule has 0 aromatic heterocycles. The summed E-state index contributed by atoms with van der Waals surface area (Å²) in [5.41, 5.74) is 3.13. The Balaban J connectivity index is 2.94. The number of hydrogen-bond donors (Lipinski definition) is 1. The van der Waals surface area contributed by atoms with Crippen LogP contribution in [0.4, 0.5) is 18.9 Å². The Morgan fingerprint density at radius 2 is 1.92 bits per heavy atom. The summed E-state index contributed by atoms with van der Waals surface area (Å²) in [5, 5.41) is 9.35. The molecule has 124 valence electrons. The molecule has 0 amide bonds. The lowest BCUT2D eigenvalue weighted by molar-refractivity contribution is -0.138. The molecule has 4 nitrogen and oxygen atoms in total. The van der Waals surface area contributed by atoms with Gasteiger partial charge in [-0.2, -0.15) is 18.4 Å². The van der Waals surface area contributed by atoms with Gasteiger partial charge in [0, 0.05) is 10.0 Å². The fraction of sp³-hybridized carbons (Fsp3) is 0.125. The van der Waals surface area contributed by atoms with Crippen LogP contribution in [-0.4, -0.2) is 13.1 Å². The maximum absolute atomic E-state index is 13.4. The van der Waals surface area contributed by atoms with E-state index < -0.39 is 29.0 Å². The van der Waals surface area contributed by atoms with Gasteiger partial charge in [0.1, 0.15) is 6.07 Å². The van der Waals surface area contributed by atoms with Gasteiger partial charge in [-0.1, -0.05) is 34.1 Å². The minimum absolute atomic E-state index is 0.0255. The van der Waals surface area contributed by atoms with E-state index in [0.717, 1.165) is 13.2 Å². The molecule has 0 radical (unpaired) electrons. The number of esters is 1. The fourth-order valence-corrected chi connectivity index (χ4v) is 2.76. The van der Waals surface area contributed by atoms with Crippen molar-refractivity contribution in [1.29, 1.82) is 5.26 Å². The lowest BCUT2D eigenvalue weighted by atomic mass is 9.92. The third-order valence-electron chi connectivity index (χ3n) is 3.34. The van der Waals surface area contributed by atoms with Crippen molar-refractivity contribution < 1.29 is 22.7 Å². The quantitative estimate of drug-likeness (QED) is 0.601. The number of ether oxygens (including phenoxy) is 1. The number of alkyl halides is 3. The van der Waals surface area contributed by atoms with Crippen molar-refractivity contribution in [2.24, 2.45) is 0 Å². The smallest absolute Gasteiger partial charge is 0.417 e. The number of nitrogens with two attached hydrogens (primary N) is 1. The maximum Gasteiger partial charge on any atom is 0.417 e. The molecule has 0 bridgehead atoms. The van der Waals surface area contributed by atoms with Crippen LogP contribution in [-0.2, 0) is 10.9 Å². The Labute approximate surface area is 143 Å². The molecule has 2 aromatic rings. The van der Waals surface area contributed by atoms with Crippen molar-refractivity contribution in [1.82, 2.24) is 0 Å². The van der Waals surface area contributed by atoms with Crippen molar-refractivity contribution in [2.45, 2.75) is 6.18 Å². The lowest BCUT2D eigenvalue weighted by Crippen LogP contribution is -2.18. The molecule has 0 heterocycles. The fourth-order valence-electron chi connectivity index (χ4n) is 2.26. The highest BCUT2D eigenvalue weighted by atomic mass is 79.9. The molecule has 0 aliphatic carbocycles. The zero-order valence-electron chi connectivity index (χ0n) is 12.2. The summed E-state index contributed by atoms with van der Waals surface area (Å²) in [7, 11) is 0.940. The summed E-state index contributed by atoms with van der Waals surface area (Å²) in [6, 6.07) is 8.95. The number of nitrogen functional groups attached to an aromatic ring is 1. The van der Waals surface area contributed by atoms with E-state index in [1.165, 1.54) is 6.07 Å². The Morgan fingerprint density at radius 1 is 1.29 bits per heavy atom. The van der Waals surface area contributed by atoms with Gasteiger partial charge in [-0.15, -0.1) is 0 Å². The van der Waals surface area contributed by atoms with Gasteiger partial charge in [0.2, 0.25) is 0 Å². The summed E-state index contributed by atoms with van der Waals surface area (Å²) in [6.07, 6.45) is -4.85. The van der Waals surface area contributed by atoms with Crippen LogP contribution in [0.3, 0.4) is 0 Å². The Morgan fingerprint density at radius 3 is 2.42 bits per heavy atom. The monoisotopic (exact) mass is 398 g/mol. The molecule has 0 unspecified atom stereocenters. The molecular weight excluding hydrogens is 389 g/mol. The van der Waals surface area contributed by atoms with Crippen molar-refractivity contribution >= 4 is 27.6 Å². The molecular formula is C16H10BrF3N2O2. The first-order chi connectivity index (χ1) is 11.2. The second-order valence-corrected chi connectivity index (χ2v) is 5.57. The molecule has 2 rings (SSSR count). The molecule has 0 aliphatic heterocycles. The molecule has 2 N–H and O–H groups in total. The van der Waals surface area contributed by atoms with E-state index in [2.05, 4.69) is 20.7 Å². The van der Waals surface area contributed by atoms with E-state index in [1.54, 1.807) is 24.3 Å². The third-order valence-corrected chi connectivity index (χ3v) is 4.03. The van der Waals surface area contributed by atoms with E-state index in [-0.39, 0.29) is 11.1 Å². The molecule has 8 heteroatoms. The zero-order chi connectivity index (χ0) is 18.1. The number of rotatable bonds is 2. The Bertz CT molecular complexity index is 858. The first kappa shape index (κ1) is 17.8. The SMILES string of the molecule is COC(=O)c1c(C(F)(F)F)cc(-c2ccccc2Br)c(C#N)c1N. The Hall–Kier alpha value is -2.53. The molecule has 0 aliphatic rings. The number of methoxy groups -OCH3 is 1. The van der Waals surface area contributed by atoms with Crippen LogP contribution in [0.15, 0.2) is 34.8 Å². The van der Waals surface area contributed by atoms with Crippen LogP contribution >= 0.6 is 15.9 Å². The lowest BCUT2D eigenvalue weighted by Gasteiger charge is -2.18.